The lowest BCUT2D eigenvalue weighted by atomic mass is 10.1. The molecule has 18 heavy (non-hydrogen) atoms. The number of hydrogen-bond donors (Lipinski definition) is 2. The number of hydrogen-bond acceptors (Lipinski definition) is 2. The Bertz CT molecular complexity index is 443. The maximum atomic E-state index is 12.3. The molecule has 1 rings (SSSR count). The van der Waals surface area contributed by atoms with Gasteiger partial charge in [-0.05, 0) is 31.5 Å². The Kier molecular flexibility index (Phi) is 4.56. The molecule has 100 valence electrons. The summed E-state index contributed by atoms with van der Waals surface area (Å²) in [6, 6.07) is 4.52. The van der Waals surface area contributed by atoms with Gasteiger partial charge in [-0.15, -0.1) is 0 Å². The molecule has 0 aromatic heterocycles. The van der Waals surface area contributed by atoms with Gasteiger partial charge in [0.1, 0.15) is 4.99 Å². The summed E-state index contributed by atoms with van der Waals surface area (Å²) in [6.45, 7) is 3.32. The first-order valence-corrected chi connectivity index (χ1v) is 5.83. The van der Waals surface area contributed by atoms with Crippen LogP contribution in [0.4, 0.5) is 18.9 Å². The molecule has 0 aliphatic carbocycles. The van der Waals surface area contributed by atoms with E-state index in [1.54, 1.807) is 12.1 Å². The minimum atomic E-state index is -4.19. The zero-order valence-electron chi connectivity index (χ0n) is 10.1. The van der Waals surface area contributed by atoms with Crippen LogP contribution < -0.4 is 11.1 Å². The van der Waals surface area contributed by atoms with Crippen molar-refractivity contribution in [3.8, 4) is 0 Å². The number of halogens is 3. The number of alkyl halides is 3. The summed E-state index contributed by atoms with van der Waals surface area (Å²) >= 11 is 4.87. The summed E-state index contributed by atoms with van der Waals surface area (Å²) in [5.74, 6) is 0. The Hall–Kier alpha value is -1.30. The molecule has 0 radical (unpaired) electrons. The molecule has 0 bridgehead atoms. The fraction of sp³-hybridized carbons (Fsp3) is 0.417. The van der Waals surface area contributed by atoms with Crippen molar-refractivity contribution in [1.29, 1.82) is 0 Å². The van der Waals surface area contributed by atoms with Crippen LogP contribution in [0.5, 0.6) is 0 Å². The lowest BCUT2D eigenvalue weighted by Gasteiger charge is -2.19. The van der Waals surface area contributed by atoms with Crippen LogP contribution in [0, 0.1) is 6.92 Å². The highest BCUT2D eigenvalue weighted by atomic mass is 32.1. The van der Waals surface area contributed by atoms with Crippen LogP contribution in [0.3, 0.4) is 0 Å². The SMILES string of the molecule is Cc1ccc(C(N)=S)c(NC(C)CC(F)(F)F)c1. The molecule has 1 aromatic rings. The van der Waals surface area contributed by atoms with Crippen LogP contribution in [0.15, 0.2) is 18.2 Å². The van der Waals surface area contributed by atoms with Crippen LogP contribution >= 0.6 is 12.2 Å². The fourth-order valence-electron chi connectivity index (χ4n) is 1.66. The molecule has 0 amide bonds. The topological polar surface area (TPSA) is 38.0 Å². The van der Waals surface area contributed by atoms with Gasteiger partial charge in [0.2, 0.25) is 0 Å². The van der Waals surface area contributed by atoms with Gasteiger partial charge in [-0.3, -0.25) is 0 Å². The predicted molar refractivity (Wildman–Crippen MR) is 70.8 cm³/mol. The van der Waals surface area contributed by atoms with Gasteiger partial charge in [0.05, 0.1) is 6.42 Å². The summed E-state index contributed by atoms with van der Waals surface area (Å²) in [4.78, 5) is 0.164. The molecule has 2 nitrogen and oxygen atoms in total. The minimum Gasteiger partial charge on any atom is -0.389 e. The van der Waals surface area contributed by atoms with E-state index >= 15 is 0 Å². The first kappa shape index (κ1) is 14.8. The van der Waals surface area contributed by atoms with Gasteiger partial charge in [0.25, 0.3) is 0 Å². The van der Waals surface area contributed by atoms with E-state index in [2.05, 4.69) is 5.32 Å². The zero-order chi connectivity index (χ0) is 13.9. The molecule has 0 aliphatic rings. The van der Waals surface area contributed by atoms with Crippen LogP contribution in [0.25, 0.3) is 0 Å². The van der Waals surface area contributed by atoms with Crippen LogP contribution in [-0.4, -0.2) is 17.2 Å². The van der Waals surface area contributed by atoms with Gasteiger partial charge in [0, 0.05) is 17.3 Å². The third-order valence-electron chi connectivity index (χ3n) is 2.38. The van der Waals surface area contributed by atoms with Crippen LogP contribution in [0.1, 0.15) is 24.5 Å². The predicted octanol–water partition coefficient (Wildman–Crippen LogP) is 3.38. The zero-order valence-corrected chi connectivity index (χ0v) is 11.0. The highest BCUT2D eigenvalue weighted by Crippen LogP contribution is 2.25. The van der Waals surface area contributed by atoms with E-state index in [0.29, 0.717) is 11.3 Å². The number of benzene rings is 1. The van der Waals surface area contributed by atoms with Gasteiger partial charge in [-0.1, -0.05) is 18.3 Å². The molecule has 1 aromatic carbocycles. The standard InChI is InChI=1S/C12H15F3N2S/c1-7-3-4-9(11(16)18)10(5-7)17-8(2)6-12(13,14)15/h3-5,8,17H,6H2,1-2H3,(H2,16,18). The Morgan fingerprint density at radius 1 is 1.44 bits per heavy atom. The third kappa shape index (κ3) is 4.52. The van der Waals surface area contributed by atoms with E-state index in [1.165, 1.54) is 6.92 Å². The van der Waals surface area contributed by atoms with Gasteiger partial charge < -0.3 is 11.1 Å². The van der Waals surface area contributed by atoms with Crippen LogP contribution in [-0.2, 0) is 0 Å². The molecule has 0 aliphatic heterocycles. The Morgan fingerprint density at radius 2 is 2.06 bits per heavy atom. The van der Waals surface area contributed by atoms with E-state index in [1.807, 2.05) is 13.0 Å². The van der Waals surface area contributed by atoms with Gasteiger partial charge in [-0.25, -0.2) is 0 Å². The second-order valence-electron chi connectivity index (χ2n) is 4.28. The van der Waals surface area contributed by atoms with E-state index in [4.69, 9.17) is 18.0 Å². The molecule has 0 spiro atoms. The van der Waals surface area contributed by atoms with Gasteiger partial charge in [-0.2, -0.15) is 13.2 Å². The van der Waals surface area contributed by atoms with E-state index in [0.717, 1.165) is 5.56 Å². The molecule has 6 heteroatoms. The molecular weight excluding hydrogens is 261 g/mol. The first-order chi connectivity index (χ1) is 8.19. The summed E-state index contributed by atoms with van der Waals surface area (Å²) in [5.41, 5.74) is 7.57. The highest BCUT2D eigenvalue weighted by molar-refractivity contribution is 7.80. The minimum absolute atomic E-state index is 0.164. The number of aryl methyl sites for hydroxylation is 1. The largest absolute Gasteiger partial charge is 0.391 e. The molecule has 1 unspecified atom stereocenters. The Morgan fingerprint density at radius 3 is 2.56 bits per heavy atom. The Balaban J connectivity index is 2.89. The first-order valence-electron chi connectivity index (χ1n) is 5.43. The van der Waals surface area contributed by atoms with Gasteiger partial charge in [0.15, 0.2) is 0 Å². The quantitative estimate of drug-likeness (QED) is 0.828. The van der Waals surface area contributed by atoms with Crippen molar-refractivity contribution in [2.75, 3.05) is 5.32 Å². The lowest BCUT2D eigenvalue weighted by Crippen LogP contribution is -2.25. The van der Waals surface area contributed by atoms with Crippen molar-refractivity contribution in [2.24, 2.45) is 5.73 Å². The van der Waals surface area contributed by atoms with Crippen LogP contribution in [0.2, 0.25) is 0 Å². The van der Waals surface area contributed by atoms with Crippen molar-refractivity contribution in [3.63, 3.8) is 0 Å². The second kappa shape index (κ2) is 5.56. The number of nitrogens with one attached hydrogen (secondary N) is 1. The van der Waals surface area contributed by atoms with Crippen molar-refractivity contribution in [2.45, 2.75) is 32.5 Å². The number of nitrogens with two attached hydrogens (primary N) is 1. The molecule has 1 atom stereocenters. The average molecular weight is 276 g/mol. The Labute approximate surface area is 109 Å². The summed E-state index contributed by atoms with van der Waals surface area (Å²) < 4.78 is 36.8. The molecule has 0 saturated heterocycles. The fourth-order valence-corrected chi connectivity index (χ4v) is 1.83. The lowest BCUT2D eigenvalue weighted by molar-refractivity contribution is -0.136. The molecule has 3 N–H and O–H groups in total. The van der Waals surface area contributed by atoms with Crippen molar-refractivity contribution in [3.05, 3.63) is 29.3 Å². The van der Waals surface area contributed by atoms with E-state index in [-0.39, 0.29) is 4.99 Å². The van der Waals surface area contributed by atoms with Crippen molar-refractivity contribution >= 4 is 22.9 Å². The monoisotopic (exact) mass is 276 g/mol. The smallest absolute Gasteiger partial charge is 0.389 e. The number of anilines is 1. The molecular formula is C12H15F3N2S. The van der Waals surface area contributed by atoms with E-state index < -0.39 is 18.6 Å². The van der Waals surface area contributed by atoms with Crippen molar-refractivity contribution < 1.29 is 13.2 Å². The second-order valence-corrected chi connectivity index (χ2v) is 4.72. The summed E-state index contributed by atoms with van der Waals surface area (Å²) in [5, 5.41) is 2.80. The van der Waals surface area contributed by atoms with Crippen molar-refractivity contribution in [1.82, 2.24) is 0 Å². The average Bonchev–Trinajstić information content (AvgIpc) is 2.13. The number of thiocarbonyl (C=S) groups is 1. The molecule has 0 heterocycles. The van der Waals surface area contributed by atoms with E-state index in [9.17, 15) is 13.2 Å². The third-order valence-corrected chi connectivity index (χ3v) is 2.60. The van der Waals surface area contributed by atoms with Gasteiger partial charge >= 0.3 is 6.18 Å². The summed E-state index contributed by atoms with van der Waals surface area (Å²) in [7, 11) is 0. The highest BCUT2D eigenvalue weighted by Gasteiger charge is 2.30. The number of rotatable bonds is 4. The maximum absolute atomic E-state index is 12.3. The molecule has 0 saturated carbocycles. The maximum Gasteiger partial charge on any atom is 0.391 e. The summed E-state index contributed by atoms with van der Waals surface area (Å²) in [6.07, 6.45) is -5.10. The normalized spacial score (nSPS) is 13.2. The molecule has 0 fully saturated rings.